The fourth-order valence-electron chi connectivity index (χ4n) is 2.54. The Balaban J connectivity index is 2.04. The van der Waals surface area contributed by atoms with Gasteiger partial charge < -0.3 is 20.0 Å². The van der Waals surface area contributed by atoms with Crippen molar-refractivity contribution in [3.05, 3.63) is 60.2 Å². The van der Waals surface area contributed by atoms with E-state index in [0.717, 1.165) is 5.56 Å². The Morgan fingerprint density at radius 2 is 1.71 bits per heavy atom. The number of carboxylic acid groups (broad SMARTS) is 1. The van der Waals surface area contributed by atoms with E-state index in [1.165, 1.54) is 0 Å². The van der Waals surface area contributed by atoms with E-state index in [0.29, 0.717) is 11.4 Å². The Morgan fingerprint density at radius 3 is 2.25 bits per heavy atom. The molecule has 0 radical (unpaired) electrons. The first-order valence-corrected chi connectivity index (χ1v) is 7.71. The summed E-state index contributed by atoms with van der Waals surface area (Å²) in [4.78, 5) is 23.7. The van der Waals surface area contributed by atoms with Crippen LogP contribution in [0.25, 0.3) is 0 Å². The van der Waals surface area contributed by atoms with Crippen molar-refractivity contribution < 1.29 is 19.4 Å². The lowest BCUT2D eigenvalue weighted by atomic mass is 9.85. The maximum absolute atomic E-state index is 12.2. The monoisotopic (exact) mass is 326 g/mol. The van der Waals surface area contributed by atoms with Crippen LogP contribution in [0.2, 0.25) is 0 Å². The summed E-state index contributed by atoms with van der Waals surface area (Å²) in [5.41, 5.74) is 1.45. The molecule has 0 saturated carbocycles. The number of benzene rings is 2. The minimum Gasteiger partial charge on any atom is -0.550 e. The van der Waals surface area contributed by atoms with Gasteiger partial charge in [-0.25, -0.2) is 0 Å². The van der Waals surface area contributed by atoms with Gasteiger partial charge in [0.25, 0.3) is 0 Å². The second-order valence-corrected chi connectivity index (χ2v) is 5.61. The number of methoxy groups -OCH3 is 1. The number of nitrogens with one attached hydrogen (secondary N) is 1. The average Bonchev–Trinajstić information content (AvgIpc) is 2.60. The molecule has 1 amide bonds. The van der Waals surface area contributed by atoms with Crippen molar-refractivity contribution in [2.45, 2.75) is 19.3 Å². The second kappa shape index (κ2) is 8.15. The standard InChI is InChI=1S/C19H21NO4/c1-13(14-6-4-3-5-7-14)17(19(22)23)12-18(21)20-15-8-10-16(24-2)11-9-15/h3-11,13,17H,12H2,1-2H3,(H,20,21)(H,22,23)/p-1/t13-,17+/m0/s1. The SMILES string of the molecule is COc1ccc(NC(=O)C[C@@H](C(=O)[O-])[C@@H](C)c2ccccc2)cc1. The van der Waals surface area contributed by atoms with Gasteiger partial charge in [0.2, 0.25) is 5.91 Å². The summed E-state index contributed by atoms with van der Waals surface area (Å²) in [7, 11) is 1.56. The molecule has 0 spiro atoms. The van der Waals surface area contributed by atoms with E-state index >= 15 is 0 Å². The first-order valence-electron chi connectivity index (χ1n) is 7.71. The van der Waals surface area contributed by atoms with E-state index < -0.39 is 11.9 Å². The van der Waals surface area contributed by atoms with Gasteiger partial charge in [-0.15, -0.1) is 0 Å². The van der Waals surface area contributed by atoms with E-state index in [-0.39, 0.29) is 18.2 Å². The quantitative estimate of drug-likeness (QED) is 0.846. The molecule has 2 aromatic carbocycles. The van der Waals surface area contributed by atoms with Crippen LogP contribution in [0.1, 0.15) is 24.8 Å². The number of ether oxygens (including phenoxy) is 1. The molecule has 2 aromatic rings. The Kier molecular flexibility index (Phi) is 5.95. The van der Waals surface area contributed by atoms with E-state index in [4.69, 9.17) is 4.74 Å². The number of carbonyl (C=O) groups excluding carboxylic acids is 2. The zero-order valence-electron chi connectivity index (χ0n) is 13.7. The van der Waals surface area contributed by atoms with Gasteiger partial charge in [0, 0.05) is 24.0 Å². The van der Waals surface area contributed by atoms with E-state index in [1.807, 2.05) is 30.3 Å². The summed E-state index contributed by atoms with van der Waals surface area (Å²) in [5.74, 6) is -2.13. The second-order valence-electron chi connectivity index (χ2n) is 5.61. The Hall–Kier alpha value is -2.82. The molecule has 0 fully saturated rings. The van der Waals surface area contributed by atoms with Crippen LogP contribution in [-0.2, 0) is 9.59 Å². The van der Waals surface area contributed by atoms with Crippen LogP contribution in [0.5, 0.6) is 5.75 Å². The number of amides is 1. The highest BCUT2D eigenvalue weighted by Crippen LogP contribution is 2.27. The summed E-state index contributed by atoms with van der Waals surface area (Å²) >= 11 is 0. The van der Waals surface area contributed by atoms with Crippen LogP contribution < -0.4 is 15.2 Å². The molecule has 0 aromatic heterocycles. The molecule has 0 aliphatic carbocycles. The third-order valence-corrected chi connectivity index (χ3v) is 4.01. The third kappa shape index (κ3) is 4.59. The van der Waals surface area contributed by atoms with Gasteiger partial charge in [0.1, 0.15) is 5.75 Å². The minimum atomic E-state index is -1.23. The number of aliphatic carboxylic acids is 1. The molecule has 0 aliphatic heterocycles. The molecular weight excluding hydrogens is 306 g/mol. The van der Waals surface area contributed by atoms with Crippen LogP contribution in [0.15, 0.2) is 54.6 Å². The summed E-state index contributed by atoms with van der Waals surface area (Å²) in [6.45, 7) is 1.79. The molecule has 0 unspecified atom stereocenters. The van der Waals surface area contributed by atoms with Gasteiger partial charge >= 0.3 is 0 Å². The van der Waals surface area contributed by atoms with Gasteiger partial charge in [-0.1, -0.05) is 37.3 Å². The van der Waals surface area contributed by atoms with Crippen molar-refractivity contribution in [1.82, 2.24) is 0 Å². The first kappa shape index (κ1) is 17.5. The molecule has 2 rings (SSSR count). The Bertz CT molecular complexity index is 682. The van der Waals surface area contributed by atoms with Gasteiger partial charge in [0.05, 0.1) is 7.11 Å². The Labute approximate surface area is 141 Å². The first-order chi connectivity index (χ1) is 11.5. The molecule has 0 heterocycles. The largest absolute Gasteiger partial charge is 0.550 e. The topological polar surface area (TPSA) is 78.5 Å². The highest BCUT2D eigenvalue weighted by molar-refractivity contribution is 5.93. The normalized spacial score (nSPS) is 12.9. The highest BCUT2D eigenvalue weighted by atomic mass is 16.5. The molecule has 24 heavy (non-hydrogen) atoms. The lowest BCUT2D eigenvalue weighted by molar-refractivity contribution is -0.312. The molecule has 0 aliphatic rings. The zero-order chi connectivity index (χ0) is 17.5. The molecule has 0 saturated heterocycles. The Morgan fingerprint density at radius 1 is 1.08 bits per heavy atom. The maximum atomic E-state index is 12.2. The average molecular weight is 326 g/mol. The van der Waals surface area contributed by atoms with Gasteiger partial charge in [-0.05, 0) is 35.7 Å². The van der Waals surface area contributed by atoms with Gasteiger partial charge in [0.15, 0.2) is 0 Å². The molecule has 126 valence electrons. The molecule has 1 N–H and O–H groups in total. The fourth-order valence-corrected chi connectivity index (χ4v) is 2.54. The van der Waals surface area contributed by atoms with Crippen molar-refractivity contribution in [2.75, 3.05) is 12.4 Å². The summed E-state index contributed by atoms with van der Waals surface area (Å²) in [6.07, 6.45) is -0.148. The third-order valence-electron chi connectivity index (χ3n) is 4.01. The van der Waals surface area contributed by atoms with Crippen LogP contribution >= 0.6 is 0 Å². The predicted octanol–water partition coefficient (Wildman–Crippen LogP) is 2.19. The smallest absolute Gasteiger partial charge is 0.225 e. The van der Waals surface area contributed by atoms with Crippen molar-refractivity contribution in [3.63, 3.8) is 0 Å². The summed E-state index contributed by atoms with van der Waals surface area (Å²) < 4.78 is 5.05. The lowest BCUT2D eigenvalue weighted by Crippen LogP contribution is -2.36. The molecule has 5 nitrogen and oxygen atoms in total. The lowest BCUT2D eigenvalue weighted by Gasteiger charge is -2.25. The van der Waals surface area contributed by atoms with Crippen LogP contribution in [0.4, 0.5) is 5.69 Å². The number of carboxylic acids is 1. The summed E-state index contributed by atoms with van der Waals surface area (Å²) in [6, 6.07) is 16.1. The van der Waals surface area contributed by atoms with Crippen LogP contribution in [-0.4, -0.2) is 19.0 Å². The van der Waals surface area contributed by atoms with Crippen LogP contribution in [0, 0.1) is 5.92 Å². The van der Waals surface area contributed by atoms with Crippen molar-refractivity contribution >= 4 is 17.6 Å². The van der Waals surface area contributed by atoms with E-state index in [9.17, 15) is 14.7 Å². The molecular formula is C19H20NO4-. The predicted molar refractivity (Wildman–Crippen MR) is 89.6 cm³/mol. The highest BCUT2D eigenvalue weighted by Gasteiger charge is 2.23. The maximum Gasteiger partial charge on any atom is 0.225 e. The van der Waals surface area contributed by atoms with E-state index in [1.54, 1.807) is 38.3 Å². The van der Waals surface area contributed by atoms with Crippen LogP contribution in [0.3, 0.4) is 0 Å². The summed E-state index contributed by atoms with van der Waals surface area (Å²) in [5, 5.41) is 14.2. The molecule has 0 bridgehead atoms. The fraction of sp³-hybridized carbons (Fsp3) is 0.263. The molecule has 5 heteroatoms. The van der Waals surface area contributed by atoms with Crippen molar-refractivity contribution in [1.29, 1.82) is 0 Å². The number of carbonyl (C=O) groups is 2. The van der Waals surface area contributed by atoms with E-state index in [2.05, 4.69) is 5.32 Å². The van der Waals surface area contributed by atoms with Gasteiger partial charge in [-0.2, -0.15) is 0 Å². The van der Waals surface area contributed by atoms with Crippen molar-refractivity contribution in [2.24, 2.45) is 5.92 Å². The minimum absolute atomic E-state index is 0.148. The van der Waals surface area contributed by atoms with Gasteiger partial charge in [-0.3, -0.25) is 4.79 Å². The number of anilines is 1. The number of rotatable bonds is 7. The van der Waals surface area contributed by atoms with Crippen molar-refractivity contribution in [3.8, 4) is 5.75 Å². The molecule has 2 atom stereocenters. The number of hydrogen-bond acceptors (Lipinski definition) is 4. The number of hydrogen-bond donors (Lipinski definition) is 1. The zero-order valence-corrected chi connectivity index (χ0v) is 13.7.